The minimum absolute atomic E-state index is 0.364. The highest BCUT2D eigenvalue weighted by molar-refractivity contribution is 6.27. The molecule has 1 heterocycles. The average molecular weight is 284 g/mol. The number of hydrogen-bond donors (Lipinski definition) is 5. The van der Waals surface area contributed by atoms with Gasteiger partial charge >= 0.3 is 0 Å². The monoisotopic (exact) mass is 283 g/mol. The topological polar surface area (TPSA) is 119 Å². The first-order valence-corrected chi connectivity index (χ1v) is 6.18. The lowest BCUT2D eigenvalue weighted by molar-refractivity contribution is -0.281. The lowest BCUT2D eigenvalue weighted by Crippen LogP contribution is -2.60. The van der Waals surface area contributed by atoms with Crippen molar-refractivity contribution in [2.24, 2.45) is 5.92 Å². The third-order valence-corrected chi connectivity index (χ3v) is 3.21. The zero-order chi connectivity index (χ0) is 13.9. The summed E-state index contributed by atoms with van der Waals surface area (Å²) in [7, 11) is 0. The zero-order valence-corrected chi connectivity index (χ0v) is 10.6. The first-order chi connectivity index (χ1) is 8.42. The molecule has 0 aromatic heterocycles. The number of alkyl halides is 1. The molecule has 3 unspecified atom stereocenters. The largest absolute Gasteiger partial charge is 0.390 e. The number of carbonyl (C=O) groups excluding carboxylic acids is 1. The van der Waals surface area contributed by atoms with Crippen molar-refractivity contribution in [3.8, 4) is 0 Å². The van der Waals surface area contributed by atoms with Crippen LogP contribution in [0.5, 0.6) is 0 Å². The Bertz CT molecular complexity index is 292. The highest BCUT2D eigenvalue weighted by atomic mass is 35.5. The van der Waals surface area contributed by atoms with Gasteiger partial charge in [0.2, 0.25) is 5.91 Å². The molecule has 1 saturated heterocycles. The van der Waals surface area contributed by atoms with Gasteiger partial charge in [-0.3, -0.25) is 4.79 Å². The van der Waals surface area contributed by atoms with Crippen LogP contribution < -0.4 is 5.32 Å². The fraction of sp³-hybridized carbons (Fsp3) is 0.900. The SMILES string of the molecule is CCC1O[C@@H](O)[C@H](C(O)NC(=O)CCl)[C@@H](O)C1O. The Labute approximate surface area is 109 Å². The van der Waals surface area contributed by atoms with Crippen molar-refractivity contribution in [2.75, 3.05) is 5.88 Å². The molecule has 0 radical (unpaired) electrons. The van der Waals surface area contributed by atoms with Gasteiger partial charge in [0.1, 0.15) is 18.2 Å². The van der Waals surface area contributed by atoms with E-state index in [1.807, 2.05) is 0 Å². The number of rotatable bonds is 4. The molecule has 5 N–H and O–H groups in total. The summed E-state index contributed by atoms with van der Waals surface area (Å²) in [5.74, 6) is -2.26. The maximum absolute atomic E-state index is 11.0. The molecule has 0 spiro atoms. The molecule has 1 fully saturated rings. The van der Waals surface area contributed by atoms with Gasteiger partial charge in [0, 0.05) is 0 Å². The third kappa shape index (κ3) is 3.31. The number of aliphatic hydroxyl groups excluding tert-OH is 4. The van der Waals surface area contributed by atoms with Crippen molar-refractivity contribution < 1.29 is 30.0 Å². The van der Waals surface area contributed by atoms with E-state index >= 15 is 0 Å². The van der Waals surface area contributed by atoms with Crippen LogP contribution in [-0.2, 0) is 9.53 Å². The molecule has 0 saturated carbocycles. The molecule has 1 aliphatic heterocycles. The summed E-state index contributed by atoms with van der Waals surface area (Å²) in [6.45, 7) is 1.72. The summed E-state index contributed by atoms with van der Waals surface area (Å²) in [5.41, 5.74) is 0. The molecule has 1 rings (SSSR count). The first kappa shape index (κ1) is 15.6. The van der Waals surface area contributed by atoms with Gasteiger partial charge in [0.25, 0.3) is 0 Å². The third-order valence-electron chi connectivity index (χ3n) is 2.97. The van der Waals surface area contributed by atoms with Gasteiger partial charge < -0.3 is 30.5 Å². The number of carbonyl (C=O) groups is 1. The fourth-order valence-corrected chi connectivity index (χ4v) is 2.02. The quantitative estimate of drug-likeness (QED) is 0.304. The van der Waals surface area contributed by atoms with Crippen molar-refractivity contribution in [2.45, 2.75) is 44.2 Å². The lowest BCUT2D eigenvalue weighted by atomic mass is 9.88. The number of ether oxygens (including phenoxy) is 1. The molecule has 0 aromatic rings. The minimum Gasteiger partial charge on any atom is -0.390 e. The van der Waals surface area contributed by atoms with Crippen LogP contribution in [0.2, 0.25) is 0 Å². The minimum atomic E-state index is -1.56. The van der Waals surface area contributed by atoms with Crippen LogP contribution in [0, 0.1) is 5.92 Å². The molecule has 106 valence electrons. The zero-order valence-electron chi connectivity index (χ0n) is 9.86. The van der Waals surface area contributed by atoms with E-state index in [0.717, 1.165) is 0 Å². The molecule has 0 bridgehead atoms. The second-order valence-electron chi connectivity index (χ2n) is 4.18. The summed E-state index contributed by atoms with van der Waals surface area (Å²) in [4.78, 5) is 11.0. The molecule has 0 aliphatic carbocycles. The van der Waals surface area contributed by atoms with Crippen LogP contribution in [-0.4, -0.2) is 63.0 Å². The van der Waals surface area contributed by atoms with Crippen molar-refractivity contribution in [3.63, 3.8) is 0 Å². The van der Waals surface area contributed by atoms with Gasteiger partial charge in [-0.1, -0.05) is 6.92 Å². The fourth-order valence-electron chi connectivity index (χ4n) is 1.95. The van der Waals surface area contributed by atoms with Crippen LogP contribution in [0.15, 0.2) is 0 Å². The van der Waals surface area contributed by atoms with Crippen molar-refractivity contribution >= 4 is 17.5 Å². The maximum Gasteiger partial charge on any atom is 0.236 e. The van der Waals surface area contributed by atoms with E-state index in [9.17, 15) is 25.2 Å². The number of aliphatic hydroxyl groups is 4. The average Bonchev–Trinajstić information content (AvgIpc) is 2.33. The van der Waals surface area contributed by atoms with Gasteiger partial charge in [0.05, 0.1) is 18.1 Å². The van der Waals surface area contributed by atoms with E-state index in [0.29, 0.717) is 6.42 Å². The van der Waals surface area contributed by atoms with Crippen LogP contribution in [0.1, 0.15) is 13.3 Å². The number of halogens is 1. The van der Waals surface area contributed by atoms with Crippen LogP contribution >= 0.6 is 11.6 Å². The Kier molecular flexibility index (Phi) is 5.77. The highest BCUT2D eigenvalue weighted by Crippen LogP contribution is 2.28. The van der Waals surface area contributed by atoms with E-state index in [-0.39, 0.29) is 5.88 Å². The van der Waals surface area contributed by atoms with Gasteiger partial charge in [-0.25, -0.2) is 0 Å². The van der Waals surface area contributed by atoms with Crippen molar-refractivity contribution in [1.82, 2.24) is 5.32 Å². The van der Waals surface area contributed by atoms with Gasteiger partial charge in [-0.2, -0.15) is 0 Å². The summed E-state index contributed by atoms with van der Waals surface area (Å²) in [5, 5.41) is 41.0. The Morgan fingerprint density at radius 2 is 2.00 bits per heavy atom. The number of nitrogens with one attached hydrogen (secondary N) is 1. The highest BCUT2D eigenvalue weighted by Gasteiger charge is 2.46. The lowest BCUT2D eigenvalue weighted by Gasteiger charge is -2.42. The standard InChI is InChI=1S/C10H18ClNO6/c1-2-4-7(14)8(15)6(10(17)18-4)9(16)12-5(13)3-11/h4,6-10,14-17H,2-3H2,1H3,(H,12,13)/t4?,6-,7?,8+,9?,10+/m0/s1. The second kappa shape index (κ2) is 6.65. The summed E-state index contributed by atoms with van der Waals surface area (Å²) < 4.78 is 5.07. The van der Waals surface area contributed by atoms with Gasteiger partial charge in [-0.05, 0) is 6.42 Å². The van der Waals surface area contributed by atoms with Gasteiger partial charge in [0.15, 0.2) is 6.29 Å². The van der Waals surface area contributed by atoms with E-state index < -0.39 is 42.7 Å². The van der Waals surface area contributed by atoms with Crippen LogP contribution in [0.4, 0.5) is 0 Å². The molecular weight excluding hydrogens is 266 g/mol. The molecular formula is C10H18ClNO6. The van der Waals surface area contributed by atoms with E-state index in [2.05, 4.69) is 5.32 Å². The second-order valence-corrected chi connectivity index (χ2v) is 4.45. The summed E-state index contributed by atoms with van der Waals surface area (Å²) in [6.07, 6.45) is -6.03. The maximum atomic E-state index is 11.0. The Hall–Kier alpha value is -0.440. The Morgan fingerprint density at radius 3 is 2.50 bits per heavy atom. The van der Waals surface area contributed by atoms with Crippen LogP contribution in [0.3, 0.4) is 0 Å². The van der Waals surface area contributed by atoms with Crippen molar-refractivity contribution in [1.29, 1.82) is 0 Å². The normalized spacial score (nSPS) is 38.2. The molecule has 18 heavy (non-hydrogen) atoms. The van der Waals surface area contributed by atoms with E-state index in [1.165, 1.54) is 0 Å². The predicted molar refractivity (Wildman–Crippen MR) is 61.5 cm³/mol. The molecule has 1 amide bonds. The number of amides is 1. The predicted octanol–water partition coefficient (Wildman–Crippen LogP) is -1.87. The summed E-state index contributed by atoms with van der Waals surface area (Å²) in [6, 6.07) is 0. The van der Waals surface area contributed by atoms with Gasteiger partial charge in [-0.15, -0.1) is 11.6 Å². The molecule has 0 aromatic carbocycles. The Morgan fingerprint density at radius 1 is 1.39 bits per heavy atom. The van der Waals surface area contributed by atoms with E-state index in [1.54, 1.807) is 6.92 Å². The van der Waals surface area contributed by atoms with Crippen molar-refractivity contribution in [3.05, 3.63) is 0 Å². The molecule has 8 heteroatoms. The van der Waals surface area contributed by atoms with E-state index in [4.69, 9.17) is 16.3 Å². The molecule has 6 atom stereocenters. The first-order valence-electron chi connectivity index (χ1n) is 5.65. The molecule has 1 aliphatic rings. The smallest absolute Gasteiger partial charge is 0.236 e. The Balaban J connectivity index is 2.72. The number of hydrogen-bond acceptors (Lipinski definition) is 6. The van der Waals surface area contributed by atoms with Crippen LogP contribution in [0.25, 0.3) is 0 Å². The molecule has 7 nitrogen and oxygen atoms in total. The summed E-state index contributed by atoms with van der Waals surface area (Å²) >= 11 is 5.25.